The fourth-order valence-corrected chi connectivity index (χ4v) is 5.11. The van der Waals surface area contributed by atoms with E-state index in [0.717, 1.165) is 37.5 Å². The zero-order valence-corrected chi connectivity index (χ0v) is 13.8. The summed E-state index contributed by atoms with van der Waals surface area (Å²) in [4.78, 5) is 3.28. The van der Waals surface area contributed by atoms with Crippen LogP contribution in [0, 0.1) is 0 Å². The molecule has 2 heterocycles. The molecule has 1 aliphatic rings. The van der Waals surface area contributed by atoms with Crippen molar-refractivity contribution in [2.24, 2.45) is 0 Å². The van der Waals surface area contributed by atoms with Crippen molar-refractivity contribution in [3.8, 4) is 0 Å². The van der Waals surface area contributed by atoms with Crippen molar-refractivity contribution < 1.29 is 8.42 Å². The van der Waals surface area contributed by atoms with E-state index in [1.807, 2.05) is 13.1 Å². The lowest BCUT2D eigenvalue weighted by Gasteiger charge is -2.31. The first-order chi connectivity index (χ1) is 9.54. The maximum atomic E-state index is 12.5. The van der Waals surface area contributed by atoms with Crippen molar-refractivity contribution in [3.63, 3.8) is 0 Å². The number of hydrogen-bond acceptors (Lipinski definition) is 5. The summed E-state index contributed by atoms with van der Waals surface area (Å²) in [6.45, 7) is 6.68. The summed E-state index contributed by atoms with van der Waals surface area (Å²) in [6, 6.07) is 3.69. The lowest BCUT2D eigenvalue weighted by Crippen LogP contribution is -2.46. The van der Waals surface area contributed by atoms with Crippen LogP contribution in [0.3, 0.4) is 0 Å². The van der Waals surface area contributed by atoms with Gasteiger partial charge in [-0.05, 0) is 38.7 Å². The Morgan fingerprint density at radius 2 is 1.95 bits per heavy atom. The molecule has 1 aromatic rings. The van der Waals surface area contributed by atoms with Crippen molar-refractivity contribution in [3.05, 3.63) is 17.0 Å². The minimum Gasteiger partial charge on any atom is -0.317 e. The summed E-state index contributed by atoms with van der Waals surface area (Å²) in [5.41, 5.74) is 0. The summed E-state index contributed by atoms with van der Waals surface area (Å²) in [7, 11) is -1.27. The molecule has 1 fully saturated rings. The molecule has 114 valence electrons. The Hall–Kier alpha value is -0.470. The standard InChI is InChI=1S/C13H23N3O2S2/c1-3-14-7-6-12-4-5-13(19-12)20(17,18)16-10-8-15(2)9-11-16/h4-5,14H,3,6-11H2,1-2H3. The van der Waals surface area contributed by atoms with Crippen LogP contribution in [-0.2, 0) is 16.4 Å². The first-order valence-corrected chi connectivity index (χ1v) is 9.28. The van der Waals surface area contributed by atoms with Gasteiger partial charge in [-0.25, -0.2) is 8.42 Å². The topological polar surface area (TPSA) is 52.7 Å². The largest absolute Gasteiger partial charge is 0.317 e. The van der Waals surface area contributed by atoms with Gasteiger partial charge in [-0.1, -0.05) is 6.92 Å². The van der Waals surface area contributed by atoms with Gasteiger partial charge in [0.05, 0.1) is 0 Å². The summed E-state index contributed by atoms with van der Waals surface area (Å²) in [6.07, 6.45) is 0.886. The molecule has 0 atom stereocenters. The maximum absolute atomic E-state index is 12.5. The fourth-order valence-electron chi connectivity index (χ4n) is 2.18. The number of piperazine rings is 1. The van der Waals surface area contributed by atoms with E-state index < -0.39 is 10.0 Å². The molecule has 0 bridgehead atoms. The highest BCUT2D eigenvalue weighted by Gasteiger charge is 2.28. The van der Waals surface area contributed by atoms with Crippen LogP contribution in [0.5, 0.6) is 0 Å². The Morgan fingerprint density at radius 1 is 1.25 bits per heavy atom. The molecule has 5 nitrogen and oxygen atoms in total. The molecular weight excluding hydrogens is 294 g/mol. The summed E-state index contributed by atoms with van der Waals surface area (Å²) in [5.74, 6) is 0. The van der Waals surface area contributed by atoms with Crippen LogP contribution in [0.2, 0.25) is 0 Å². The van der Waals surface area contributed by atoms with Crippen LogP contribution in [-0.4, -0.2) is 63.9 Å². The van der Waals surface area contributed by atoms with E-state index in [0.29, 0.717) is 17.3 Å². The highest BCUT2D eigenvalue weighted by molar-refractivity contribution is 7.91. The molecule has 0 aromatic carbocycles. The predicted octanol–water partition coefficient (Wildman–Crippen LogP) is 0.836. The molecule has 20 heavy (non-hydrogen) atoms. The fraction of sp³-hybridized carbons (Fsp3) is 0.692. The summed E-state index contributed by atoms with van der Waals surface area (Å²) in [5, 5.41) is 3.25. The third-order valence-corrected chi connectivity index (χ3v) is 7.00. The average Bonchev–Trinajstić information content (AvgIpc) is 2.89. The Bertz CT molecular complexity index is 519. The molecule has 2 rings (SSSR count). The number of nitrogens with one attached hydrogen (secondary N) is 1. The molecular formula is C13H23N3O2S2. The van der Waals surface area contributed by atoms with Gasteiger partial charge >= 0.3 is 0 Å². The zero-order valence-electron chi connectivity index (χ0n) is 12.1. The molecule has 1 aliphatic heterocycles. The van der Waals surface area contributed by atoms with Crippen molar-refractivity contribution >= 4 is 21.4 Å². The monoisotopic (exact) mass is 317 g/mol. The van der Waals surface area contributed by atoms with Crippen molar-refractivity contribution in [1.82, 2.24) is 14.5 Å². The smallest absolute Gasteiger partial charge is 0.252 e. The Morgan fingerprint density at radius 3 is 2.60 bits per heavy atom. The predicted molar refractivity (Wildman–Crippen MR) is 82.8 cm³/mol. The van der Waals surface area contributed by atoms with Gasteiger partial charge in [-0.3, -0.25) is 0 Å². The van der Waals surface area contributed by atoms with Crippen LogP contribution in [0.1, 0.15) is 11.8 Å². The van der Waals surface area contributed by atoms with Gasteiger partial charge in [0.15, 0.2) is 0 Å². The first-order valence-electron chi connectivity index (χ1n) is 7.02. The van der Waals surface area contributed by atoms with Crippen LogP contribution in [0.4, 0.5) is 0 Å². The molecule has 0 aliphatic carbocycles. The zero-order chi connectivity index (χ0) is 14.6. The van der Waals surface area contributed by atoms with E-state index in [4.69, 9.17) is 0 Å². The van der Waals surface area contributed by atoms with Crippen LogP contribution in [0.25, 0.3) is 0 Å². The van der Waals surface area contributed by atoms with Crippen LogP contribution >= 0.6 is 11.3 Å². The van der Waals surface area contributed by atoms with Gasteiger partial charge in [0, 0.05) is 31.1 Å². The van der Waals surface area contributed by atoms with Crippen molar-refractivity contribution in [2.75, 3.05) is 46.3 Å². The van der Waals surface area contributed by atoms with E-state index in [9.17, 15) is 8.42 Å². The maximum Gasteiger partial charge on any atom is 0.252 e. The molecule has 0 unspecified atom stereocenters. The minimum atomic E-state index is -3.29. The lowest BCUT2D eigenvalue weighted by molar-refractivity contribution is 0.222. The first kappa shape index (κ1) is 15.9. The van der Waals surface area contributed by atoms with Crippen LogP contribution < -0.4 is 5.32 Å². The second-order valence-corrected chi connectivity index (χ2v) is 8.36. The molecule has 1 saturated heterocycles. The quantitative estimate of drug-likeness (QED) is 0.790. The SMILES string of the molecule is CCNCCc1ccc(S(=O)(=O)N2CCN(C)CC2)s1. The Kier molecular flexibility index (Phi) is 5.57. The Balaban J connectivity index is 2.02. The van der Waals surface area contributed by atoms with E-state index in [1.165, 1.54) is 11.3 Å². The highest BCUT2D eigenvalue weighted by atomic mass is 32.2. The molecule has 1 N–H and O–H groups in total. The number of likely N-dealkylation sites (N-methyl/N-ethyl adjacent to an activating group) is 2. The third-order valence-electron chi connectivity index (χ3n) is 3.49. The number of hydrogen-bond donors (Lipinski definition) is 1. The van der Waals surface area contributed by atoms with E-state index in [-0.39, 0.29) is 0 Å². The second kappa shape index (κ2) is 7.00. The van der Waals surface area contributed by atoms with E-state index in [1.54, 1.807) is 10.4 Å². The van der Waals surface area contributed by atoms with E-state index >= 15 is 0 Å². The lowest BCUT2D eigenvalue weighted by atomic mass is 10.3. The normalized spacial score (nSPS) is 18.5. The molecule has 0 saturated carbocycles. The molecule has 1 aromatic heterocycles. The van der Waals surface area contributed by atoms with Crippen molar-refractivity contribution in [1.29, 1.82) is 0 Å². The molecule has 0 spiro atoms. The second-order valence-electron chi connectivity index (χ2n) is 5.03. The molecule has 0 amide bonds. The van der Waals surface area contributed by atoms with Crippen LogP contribution in [0.15, 0.2) is 16.3 Å². The number of rotatable bonds is 6. The Labute approximate surface area is 125 Å². The molecule has 0 radical (unpaired) electrons. The van der Waals surface area contributed by atoms with Gasteiger partial charge in [0.1, 0.15) is 4.21 Å². The third kappa shape index (κ3) is 3.79. The van der Waals surface area contributed by atoms with Crippen molar-refractivity contribution in [2.45, 2.75) is 17.6 Å². The van der Waals surface area contributed by atoms with Gasteiger partial charge in [-0.2, -0.15) is 4.31 Å². The number of thiophene rings is 1. The summed E-state index contributed by atoms with van der Waals surface area (Å²) >= 11 is 1.40. The highest BCUT2D eigenvalue weighted by Crippen LogP contribution is 2.25. The number of nitrogens with zero attached hydrogens (tertiary/aromatic N) is 2. The van der Waals surface area contributed by atoms with Gasteiger partial charge < -0.3 is 10.2 Å². The minimum absolute atomic E-state index is 0.480. The van der Waals surface area contributed by atoms with Gasteiger partial charge in [0.25, 0.3) is 10.0 Å². The van der Waals surface area contributed by atoms with Gasteiger partial charge in [0.2, 0.25) is 0 Å². The average molecular weight is 317 g/mol. The molecule has 7 heteroatoms. The van der Waals surface area contributed by atoms with E-state index in [2.05, 4.69) is 17.1 Å². The summed E-state index contributed by atoms with van der Waals surface area (Å²) < 4.78 is 27.2. The number of sulfonamides is 1. The van der Waals surface area contributed by atoms with Gasteiger partial charge in [-0.15, -0.1) is 11.3 Å².